The maximum absolute atomic E-state index is 8.67. The van der Waals surface area contributed by atoms with Gasteiger partial charge in [-0.2, -0.15) is 5.26 Å². The van der Waals surface area contributed by atoms with Crippen LogP contribution in [0.4, 0.5) is 0 Å². The minimum Gasteiger partial charge on any atom is -0.198 e. The topological polar surface area (TPSA) is 23.8 Å². The molecule has 0 fully saturated rings. The standard InChI is InChI=1S/C17H34NP/c1-4-7-14-19(15-8-5-2,16-9-6-3)17-12-10-11-13-18/h17H,4-12,14-16H2,1-3H3/i13-1. The van der Waals surface area contributed by atoms with Crippen molar-refractivity contribution in [3.63, 3.8) is 0 Å². The van der Waals surface area contributed by atoms with Crippen LogP contribution in [0.25, 0.3) is 0 Å². The summed E-state index contributed by atoms with van der Waals surface area (Å²) in [5.41, 5.74) is 0. The Morgan fingerprint density at radius 1 is 0.842 bits per heavy atom. The van der Waals surface area contributed by atoms with E-state index in [0.29, 0.717) is 0 Å². The zero-order valence-corrected chi connectivity index (χ0v) is 14.4. The first-order valence-electron chi connectivity index (χ1n) is 8.31. The molecule has 0 saturated carbocycles. The summed E-state index contributed by atoms with van der Waals surface area (Å²) < 4.78 is 0. The fraction of sp³-hybridized carbons (Fsp3) is 0.882. The number of nitrogens with zero attached hydrogens (tertiary/aromatic N) is 1. The molecule has 0 aromatic carbocycles. The van der Waals surface area contributed by atoms with Crippen LogP contribution >= 0.6 is 6.89 Å². The Labute approximate surface area is 121 Å². The van der Waals surface area contributed by atoms with E-state index in [-0.39, 0.29) is 0 Å². The molecule has 0 radical (unpaired) electrons. The lowest BCUT2D eigenvalue weighted by atomic mass is 10.1. The molecular formula is C17H34NP. The molecule has 112 valence electrons. The van der Waals surface area contributed by atoms with Gasteiger partial charge in [-0.15, -0.1) is 6.89 Å². The fourth-order valence-corrected chi connectivity index (χ4v) is 7.36. The first kappa shape index (κ1) is 18.8. The van der Waals surface area contributed by atoms with Gasteiger partial charge in [-0.05, 0) is 50.6 Å². The molecule has 0 unspecified atom stereocenters. The van der Waals surface area contributed by atoms with Crippen molar-refractivity contribution in [2.45, 2.75) is 78.6 Å². The zero-order valence-electron chi connectivity index (χ0n) is 13.5. The molecule has 0 atom stereocenters. The van der Waals surface area contributed by atoms with Gasteiger partial charge in [-0.3, -0.25) is 0 Å². The normalized spacial score (nSPS) is 11.3. The van der Waals surface area contributed by atoms with E-state index in [1.807, 2.05) is 0 Å². The van der Waals surface area contributed by atoms with Crippen molar-refractivity contribution in [2.75, 3.05) is 18.5 Å². The third-order valence-corrected chi connectivity index (χ3v) is 8.53. The van der Waals surface area contributed by atoms with Gasteiger partial charge in [0.05, 0.1) is 6.07 Å². The largest absolute Gasteiger partial charge is 0.198 e. The quantitative estimate of drug-likeness (QED) is 0.323. The molecular weight excluding hydrogens is 248 g/mol. The molecule has 0 aliphatic heterocycles. The highest BCUT2D eigenvalue weighted by Gasteiger charge is 2.15. The smallest absolute Gasteiger partial charge is 0.0621 e. The zero-order chi connectivity index (χ0) is 14.4. The van der Waals surface area contributed by atoms with Gasteiger partial charge in [0, 0.05) is 6.42 Å². The third kappa shape index (κ3) is 9.34. The molecule has 0 aliphatic carbocycles. The molecule has 0 amide bonds. The Balaban J connectivity index is 4.70. The second-order valence-electron chi connectivity index (χ2n) is 5.68. The summed E-state index contributed by atoms with van der Waals surface area (Å²) >= 11 is 0. The summed E-state index contributed by atoms with van der Waals surface area (Å²) in [6.45, 7) is 6.11. The van der Waals surface area contributed by atoms with Gasteiger partial charge in [-0.25, -0.2) is 0 Å². The van der Waals surface area contributed by atoms with Gasteiger partial charge < -0.3 is 0 Å². The van der Waals surface area contributed by atoms with Crippen LogP contribution in [0.5, 0.6) is 0 Å². The number of unbranched alkanes of at least 4 members (excludes halogenated alkanes) is 5. The average molecular weight is 282 g/mol. The second-order valence-corrected chi connectivity index (χ2v) is 9.83. The molecule has 19 heavy (non-hydrogen) atoms. The number of rotatable bonds is 12. The van der Waals surface area contributed by atoms with Crippen molar-refractivity contribution in [3.8, 4) is 6.07 Å². The fourth-order valence-electron chi connectivity index (χ4n) is 2.57. The minimum atomic E-state index is -0.820. The van der Waals surface area contributed by atoms with Crippen molar-refractivity contribution < 1.29 is 0 Å². The van der Waals surface area contributed by atoms with Crippen LogP contribution in [0, 0.1) is 11.3 Å². The van der Waals surface area contributed by atoms with Crippen molar-refractivity contribution in [2.24, 2.45) is 0 Å². The summed E-state index contributed by atoms with van der Waals surface area (Å²) in [5.74, 6) is 2.70. The number of hydrogen-bond acceptors (Lipinski definition) is 1. The first-order chi connectivity index (χ1) is 9.24. The van der Waals surface area contributed by atoms with E-state index in [1.54, 1.807) is 0 Å². The number of hydrogen-bond donors (Lipinski definition) is 0. The Hall–Kier alpha value is -0.210. The van der Waals surface area contributed by atoms with Crippen LogP contribution in [0.2, 0.25) is 0 Å². The van der Waals surface area contributed by atoms with Gasteiger partial charge in [0.15, 0.2) is 0 Å². The molecule has 0 spiro atoms. The van der Waals surface area contributed by atoms with E-state index in [4.69, 9.17) is 5.26 Å². The summed E-state index contributed by atoms with van der Waals surface area (Å²) in [4.78, 5) is 0. The lowest BCUT2D eigenvalue weighted by Crippen LogP contribution is -2.04. The van der Waals surface area contributed by atoms with Crippen LogP contribution < -0.4 is 0 Å². The maximum atomic E-state index is 8.67. The maximum Gasteiger partial charge on any atom is 0.0621 e. The third-order valence-electron chi connectivity index (χ3n) is 3.88. The molecule has 0 N–H and O–H groups in total. The second kappa shape index (κ2) is 12.8. The van der Waals surface area contributed by atoms with E-state index in [2.05, 4.69) is 32.6 Å². The monoisotopic (exact) mass is 282 g/mol. The highest BCUT2D eigenvalue weighted by Crippen LogP contribution is 2.49. The lowest BCUT2D eigenvalue weighted by molar-refractivity contribution is 0.843. The first-order valence-corrected chi connectivity index (χ1v) is 10.7. The van der Waals surface area contributed by atoms with E-state index in [9.17, 15) is 0 Å². The molecule has 0 bridgehead atoms. The molecule has 2 heteroatoms. The van der Waals surface area contributed by atoms with Crippen molar-refractivity contribution in [3.05, 3.63) is 0 Å². The summed E-state index contributed by atoms with van der Waals surface area (Å²) in [6, 6.07) is 2.28. The van der Waals surface area contributed by atoms with E-state index < -0.39 is 6.89 Å². The van der Waals surface area contributed by atoms with E-state index >= 15 is 0 Å². The van der Waals surface area contributed by atoms with Crippen LogP contribution in [-0.2, 0) is 0 Å². The van der Waals surface area contributed by atoms with Gasteiger partial charge in [-0.1, -0.05) is 45.8 Å². The van der Waals surface area contributed by atoms with Gasteiger partial charge >= 0.3 is 0 Å². The van der Waals surface area contributed by atoms with Gasteiger partial charge in [0.25, 0.3) is 0 Å². The van der Waals surface area contributed by atoms with Crippen LogP contribution in [-0.4, -0.2) is 24.3 Å². The van der Waals surface area contributed by atoms with Crippen LogP contribution in [0.1, 0.15) is 78.6 Å². The summed E-state index contributed by atoms with van der Waals surface area (Å²) in [7, 11) is 0. The summed E-state index contributed by atoms with van der Waals surface area (Å²) in [6.07, 6.45) is 15.6. The summed E-state index contributed by atoms with van der Waals surface area (Å²) in [5, 5.41) is 8.67. The van der Waals surface area contributed by atoms with E-state index in [0.717, 1.165) is 12.8 Å². The Bertz CT molecular complexity index is 260. The molecule has 0 rings (SSSR count). The SMILES string of the molecule is CCCCP(=CCCC[11C]#N)(CCCC)CCCC. The predicted molar refractivity (Wildman–Crippen MR) is 91.8 cm³/mol. The average Bonchev–Trinajstić information content (AvgIpc) is 2.44. The van der Waals surface area contributed by atoms with Gasteiger partial charge in [0.1, 0.15) is 0 Å². The number of nitriles is 1. The predicted octanol–water partition coefficient (Wildman–Crippen LogP) is 5.90. The van der Waals surface area contributed by atoms with Crippen LogP contribution in [0.15, 0.2) is 0 Å². The minimum absolute atomic E-state index is 0.728. The van der Waals surface area contributed by atoms with Crippen LogP contribution in [0.3, 0.4) is 0 Å². The Kier molecular flexibility index (Phi) is 12.7. The Morgan fingerprint density at radius 2 is 1.32 bits per heavy atom. The van der Waals surface area contributed by atoms with Crippen molar-refractivity contribution >= 4 is 12.7 Å². The molecule has 0 aromatic heterocycles. The molecule has 0 heterocycles. The van der Waals surface area contributed by atoms with Crippen molar-refractivity contribution in [1.82, 2.24) is 0 Å². The molecule has 0 saturated heterocycles. The highest BCUT2D eigenvalue weighted by molar-refractivity contribution is 7.74. The molecule has 1 nitrogen and oxygen atoms in total. The molecule has 0 aromatic rings. The van der Waals surface area contributed by atoms with Crippen molar-refractivity contribution in [1.29, 1.82) is 5.26 Å². The lowest BCUT2D eigenvalue weighted by Gasteiger charge is -2.27. The van der Waals surface area contributed by atoms with Gasteiger partial charge in [0.2, 0.25) is 0 Å². The molecule has 0 aliphatic rings. The van der Waals surface area contributed by atoms with E-state index in [1.165, 1.54) is 63.4 Å². The highest BCUT2D eigenvalue weighted by atomic mass is 31.2. The Morgan fingerprint density at radius 3 is 1.68 bits per heavy atom.